The summed E-state index contributed by atoms with van der Waals surface area (Å²) >= 11 is 0. The van der Waals surface area contributed by atoms with Gasteiger partial charge in [0, 0.05) is 17.3 Å². The van der Waals surface area contributed by atoms with Crippen LogP contribution in [0, 0.1) is 6.92 Å². The van der Waals surface area contributed by atoms with E-state index in [4.69, 9.17) is 9.47 Å². The first kappa shape index (κ1) is 16.1. The van der Waals surface area contributed by atoms with E-state index in [2.05, 4.69) is 29.4 Å². The Morgan fingerprint density at radius 3 is 2.12 bits per heavy atom. The largest absolute Gasteiger partial charge is 0.490 e. The number of ether oxygens (including phenoxy) is 2. The maximum atomic E-state index is 5.70. The molecule has 0 aliphatic heterocycles. The van der Waals surface area contributed by atoms with Gasteiger partial charge in [-0.15, -0.1) is 0 Å². The predicted octanol–water partition coefficient (Wildman–Crippen LogP) is 5.08. The average Bonchev–Trinajstić information content (AvgIpc) is 2.58. The highest BCUT2D eigenvalue weighted by atomic mass is 16.5. The molecule has 124 valence electrons. The van der Waals surface area contributed by atoms with Crippen LogP contribution in [-0.4, -0.2) is 18.2 Å². The van der Waals surface area contributed by atoms with Crippen molar-refractivity contribution in [3.8, 4) is 11.5 Å². The summed E-state index contributed by atoms with van der Waals surface area (Å²) in [6.07, 6.45) is 1.85. The summed E-state index contributed by atoms with van der Waals surface area (Å²) in [5, 5.41) is 5.42. The zero-order valence-corrected chi connectivity index (χ0v) is 14.3. The van der Waals surface area contributed by atoms with Gasteiger partial charge < -0.3 is 14.8 Å². The normalized spacial score (nSPS) is 10.6. The van der Waals surface area contributed by atoms with E-state index in [1.54, 1.807) is 0 Å². The van der Waals surface area contributed by atoms with E-state index in [9.17, 15) is 0 Å². The van der Waals surface area contributed by atoms with Crippen LogP contribution in [0.2, 0.25) is 0 Å². The molecular formula is C20H22N2O2. The fraction of sp³-hybridized carbons (Fsp3) is 0.250. The minimum Gasteiger partial charge on any atom is -0.490 e. The van der Waals surface area contributed by atoms with Gasteiger partial charge in [-0.2, -0.15) is 0 Å². The first-order valence-corrected chi connectivity index (χ1v) is 8.22. The van der Waals surface area contributed by atoms with Crippen molar-refractivity contribution in [1.82, 2.24) is 4.98 Å². The minimum atomic E-state index is 0.602. The molecule has 1 heterocycles. The molecule has 0 unspecified atom stereocenters. The molecule has 4 nitrogen and oxygen atoms in total. The standard InChI is InChI=1S/C20H22N2O2/c1-4-23-18-10-15-12-20(22-17-8-6-14(3)7-9-17)21-13-16(15)11-19(18)24-5-2/h6-13H,4-5H2,1-3H3,(H,21,22). The third-order valence-electron chi connectivity index (χ3n) is 3.71. The molecule has 3 rings (SSSR count). The van der Waals surface area contributed by atoms with E-state index < -0.39 is 0 Å². The van der Waals surface area contributed by atoms with Gasteiger partial charge in [-0.05, 0) is 56.5 Å². The fourth-order valence-corrected chi connectivity index (χ4v) is 2.54. The van der Waals surface area contributed by atoms with Crippen LogP contribution in [0.1, 0.15) is 19.4 Å². The van der Waals surface area contributed by atoms with Gasteiger partial charge in [0.15, 0.2) is 11.5 Å². The lowest BCUT2D eigenvalue weighted by Crippen LogP contribution is -1.99. The number of aryl methyl sites for hydroxylation is 1. The van der Waals surface area contributed by atoms with Crippen LogP contribution in [0.25, 0.3) is 10.8 Å². The molecule has 3 aromatic rings. The van der Waals surface area contributed by atoms with Crippen LogP contribution in [0.4, 0.5) is 11.5 Å². The topological polar surface area (TPSA) is 43.4 Å². The Hall–Kier alpha value is -2.75. The van der Waals surface area contributed by atoms with Gasteiger partial charge in [0.1, 0.15) is 5.82 Å². The number of hydrogen-bond acceptors (Lipinski definition) is 4. The smallest absolute Gasteiger partial charge is 0.161 e. The molecule has 24 heavy (non-hydrogen) atoms. The second-order valence-corrected chi connectivity index (χ2v) is 5.57. The Morgan fingerprint density at radius 2 is 1.50 bits per heavy atom. The molecule has 0 atom stereocenters. The van der Waals surface area contributed by atoms with Crippen molar-refractivity contribution in [2.45, 2.75) is 20.8 Å². The SMILES string of the molecule is CCOc1cc2cnc(Nc3ccc(C)cc3)cc2cc1OCC. The predicted molar refractivity (Wildman–Crippen MR) is 98.5 cm³/mol. The molecule has 2 aromatic carbocycles. The van der Waals surface area contributed by atoms with Crippen LogP contribution in [0.5, 0.6) is 11.5 Å². The van der Waals surface area contributed by atoms with Crippen LogP contribution in [-0.2, 0) is 0 Å². The molecule has 0 bridgehead atoms. The van der Waals surface area contributed by atoms with Gasteiger partial charge in [0.25, 0.3) is 0 Å². The van der Waals surface area contributed by atoms with Crippen molar-refractivity contribution in [1.29, 1.82) is 0 Å². The van der Waals surface area contributed by atoms with Crippen LogP contribution >= 0.6 is 0 Å². The van der Waals surface area contributed by atoms with E-state index in [0.29, 0.717) is 13.2 Å². The van der Waals surface area contributed by atoms with Gasteiger partial charge in [0.2, 0.25) is 0 Å². The van der Waals surface area contributed by atoms with Crippen molar-refractivity contribution in [2.75, 3.05) is 18.5 Å². The Bertz CT molecular complexity index is 829. The van der Waals surface area contributed by atoms with E-state index in [1.165, 1.54) is 5.56 Å². The number of pyridine rings is 1. The lowest BCUT2D eigenvalue weighted by atomic mass is 10.1. The number of fused-ring (bicyclic) bond motifs is 1. The number of anilines is 2. The maximum absolute atomic E-state index is 5.70. The summed E-state index contributed by atoms with van der Waals surface area (Å²) in [5.74, 6) is 2.32. The number of aromatic nitrogens is 1. The second kappa shape index (κ2) is 7.21. The first-order chi connectivity index (χ1) is 11.7. The summed E-state index contributed by atoms with van der Waals surface area (Å²) < 4.78 is 11.4. The van der Waals surface area contributed by atoms with Crippen molar-refractivity contribution < 1.29 is 9.47 Å². The summed E-state index contributed by atoms with van der Waals surface area (Å²) in [4.78, 5) is 4.49. The number of hydrogen-bond donors (Lipinski definition) is 1. The molecular weight excluding hydrogens is 300 g/mol. The minimum absolute atomic E-state index is 0.602. The van der Waals surface area contributed by atoms with Crippen molar-refractivity contribution in [3.05, 3.63) is 54.2 Å². The van der Waals surface area contributed by atoms with Crippen molar-refractivity contribution >= 4 is 22.3 Å². The van der Waals surface area contributed by atoms with Crippen LogP contribution < -0.4 is 14.8 Å². The van der Waals surface area contributed by atoms with Crippen molar-refractivity contribution in [3.63, 3.8) is 0 Å². The molecule has 0 radical (unpaired) electrons. The third kappa shape index (κ3) is 3.59. The Kier molecular flexibility index (Phi) is 4.85. The quantitative estimate of drug-likeness (QED) is 0.687. The highest BCUT2D eigenvalue weighted by Gasteiger charge is 2.08. The van der Waals surface area contributed by atoms with E-state index >= 15 is 0 Å². The molecule has 0 fully saturated rings. The number of nitrogens with one attached hydrogen (secondary N) is 1. The highest BCUT2D eigenvalue weighted by Crippen LogP contribution is 2.33. The monoisotopic (exact) mass is 322 g/mol. The third-order valence-corrected chi connectivity index (χ3v) is 3.71. The summed E-state index contributed by atoms with van der Waals surface area (Å²) in [5.41, 5.74) is 2.25. The number of rotatable bonds is 6. The molecule has 0 aliphatic rings. The summed E-state index contributed by atoms with van der Waals surface area (Å²) in [6.45, 7) is 7.21. The van der Waals surface area contributed by atoms with E-state index in [1.807, 2.05) is 50.4 Å². The lowest BCUT2D eigenvalue weighted by Gasteiger charge is -2.13. The Labute approximate surface area is 142 Å². The van der Waals surface area contributed by atoms with E-state index in [-0.39, 0.29) is 0 Å². The lowest BCUT2D eigenvalue weighted by molar-refractivity contribution is 0.288. The molecule has 4 heteroatoms. The molecule has 0 saturated carbocycles. The van der Waals surface area contributed by atoms with Crippen LogP contribution in [0.15, 0.2) is 48.7 Å². The summed E-state index contributed by atoms with van der Waals surface area (Å²) in [7, 11) is 0. The summed E-state index contributed by atoms with van der Waals surface area (Å²) in [6, 6.07) is 14.2. The molecule has 0 saturated heterocycles. The molecule has 0 aliphatic carbocycles. The second-order valence-electron chi connectivity index (χ2n) is 5.57. The number of benzene rings is 2. The zero-order chi connectivity index (χ0) is 16.9. The maximum Gasteiger partial charge on any atom is 0.161 e. The molecule has 1 N–H and O–H groups in total. The van der Waals surface area contributed by atoms with Gasteiger partial charge in [-0.25, -0.2) is 4.98 Å². The van der Waals surface area contributed by atoms with Gasteiger partial charge in [-0.1, -0.05) is 17.7 Å². The molecule has 0 spiro atoms. The van der Waals surface area contributed by atoms with Gasteiger partial charge >= 0.3 is 0 Å². The van der Waals surface area contributed by atoms with Crippen LogP contribution in [0.3, 0.4) is 0 Å². The molecule has 0 amide bonds. The fourth-order valence-electron chi connectivity index (χ4n) is 2.54. The van der Waals surface area contributed by atoms with Gasteiger partial charge in [0.05, 0.1) is 13.2 Å². The van der Waals surface area contributed by atoms with Gasteiger partial charge in [-0.3, -0.25) is 0 Å². The molecule has 1 aromatic heterocycles. The number of nitrogens with zero attached hydrogens (tertiary/aromatic N) is 1. The average molecular weight is 322 g/mol. The van der Waals surface area contributed by atoms with E-state index in [0.717, 1.165) is 33.8 Å². The van der Waals surface area contributed by atoms with Crippen molar-refractivity contribution in [2.24, 2.45) is 0 Å². The zero-order valence-electron chi connectivity index (χ0n) is 14.3. The highest BCUT2D eigenvalue weighted by molar-refractivity contribution is 5.87. The first-order valence-electron chi connectivity index (χ1n) is 8.22. The Morgan fingerprint density at radius 1 is 0.875 bits per heavy atom. The Balaban J connectivity index is 1.94.